The topological polar surface area (TPSA) is 41.3 Å². The summed E-state index contributed by atoms with van der Waals surface area (Å²) in [6.07, 6.45) is 2.68. The predicted molar refractivity (Wildman–Crippen MR) is 65.8 cm³/mol. The Kier molecular flexibility index (Phi) is 2.71. The Labute approximate surface area is 102 Å². The van der Waals surface area contributed by atoms with Crippen LogP contribution in [0.15, 0.2) is 4.52 Å². The molecule has 1 N–H and O–H groups in total. The minimum Gasteiger partial charge on any atom is -0.361 e. The first-order chi connectivity index (χ1) is 8.19. The Bertz CT molecular complexity index is 387. The number of aryl methyl sites for hydroxylation is 2. The molecule has 1 unspecified atom stereocenters. The summed E-state index contributed by atoms with van der Waals surface area (Å²) in [7, 11) is 0. The number of aromatic nitrogens is 1. The molecule has 0 aromatic carbocycles. The van der Waals surface area contributed by atoms with Crippen molar-refractivity contribution in [3.8, 4) is 0 Å². The van der Waals surface area contributed by atoms with Crippen LogP contribution in [0, 0.1) is 19.3 Å². The maximum atomic E-state index is 5.23. The summed E-state index contributed by atoms with van der Waals surface area (Å²) in [4.78, 5) is 2.56. The number of hydrogen-bond donors (Lipinski definition) is 1. The molecule has 0 saturated carbocycles. The lowest BCUT2D eigenvalue weighted by atomic mass is 9.86. The molecular weight excluding hydrogens is 214 g/mol. The minimum atomic E-state index is 0.555. The summed E-state index contributed by atoms with van der Waals surface area (Å²) in [5.74, 6) is 0.980. The van der Waals surface area contributed by atoms with Crippen LogP contribution in [0.4, 0.5) is 0 Å². The van der Waals surface area contributed by atoms with Crippen molar-refractivity contribution in [2.75, 3.05) is 26.2 Å². The highest BCUT2D eigenvalue weighted by molar-refractivity contribution is 5.20. The lowest BCUT2D eigenvalue weighted by Gasteiger charge is -2.22. The van der Waals surface area contributed by atoms with E-state index in [1.165, 1.54) is 44.6 Å². The van der Waals surface area contributed by atoms with Gasteiger partial charge in [0.2, 0.25) is 0 Å². The van der Waals surface area contributed by atoms with Crippen LogP contribution in [0.5, 0.6) is 0 Å². The van der Waals surface area contributed by atoms with E-state index in [1.807, 2.05) is 13.8 Å². The molecule has 4 nitrogen and oxygen atoms in total. The van der Waals surface area contributed by atoms with Crippen molar-refractivity contribution < 1.29 is 4.52 Å². The fourth-order valence-electron chi connectivity index (χ4n) is 3.26. The highest BCUT2D eigenvalue weighted by Crippen LogP contribution is 2.36. The van der Waals surface area contributed by atoms with E-state index in [-0.39, 0.29) is 0 Å². The lowest BCUT2D eigenvalue weighted by Crippen LogP contribution is -2.29. The molecule has 0 amide bonds. The Balaban J connectivity index is 1.68. The second-order valence-electron chi connectivity index (χ2n) is 5.69. The van der Waals surface area contributed by atoms with Crippen molar-refractivity contribution in [3.63, 3.8) is 0 Å². The van der Waals surface area contributed by atoms with E-state index in [1.54, 1.807) is 0 Å². The lowest BCUT2D eigenvalue weighted by molar-refractivity contribution is 0.267. The minimum absolute atomic E-state index is 0.555. The summed E-state index contributed by atoms with van der Waals surface area (Å²) in [6, 6.07) is 0. The maximum absolute atomic E-state index is 5.23. The van der Waals surface area contributed by atoms with Gasteiger partial charge in [0, 0.05) is 25.2 Å². The zero-order valence-electron chi connectivity index (χ0n) is 10.8. The van der Waals surface area contributed by atoms with Gasteiger partial charge in [0.1, 0.15) is 5.76 Å². The SMILES string of the molecule is Cc1noc(C)c1CN1CCC2(CCNC2)C1. The van der Waals surface area contributed by atoms with Crippen molar-refractivity contribution in [3.05, 3.63) is 17.0 Å². The Morgan fingerprint density at radius 1 is 1.41 bits per heavy atom. The van der Waals surface area contributed by atoms with Crippen LogP contribution in [-0.4, -0.2) is 36.2 Å². The molecule has 2 saturated heterocycles. The van der Waals surface area contributed by atoms with E-state index in [4.69, 9.17) is 4.52 Å². The number of nitrogens with one attached hydrogen (secondary N) is 1. The van der Waals surface area contributed by atoms with Crippen LogP contribution in [0.2, 0.25) is 0 Å². The summed E-state index contributed by atoms with van der Waals surface area (Å²) >= 11 is 0. The van der Waals surface area contributed by atoms with E-state index in [9.17, 15) is 0 Å². The van der Waals surface area contributed by atoms with Crippen molar-refractivity contribution in [2.45, 2.75) is 33.2 Å². The maximum Gasteiger partial charge on any atom is 0.138 e. The molecule has 0 radical (unpaired) electrons. The van der Waals surface area contributed by atoms with Crippen molar-refractivity contribution in [1.29, 1.82) is 0 Å². The van der Waals surface area contributed by atoms with Crippen molar-refractivity contribution in [1.82, 2.24) is 15.4 Å². The van der Waals surface area contributed by atoms with Crippen LogP contribution in [0.3, 0.4) is 0 Å². The quantitative estimate of drug-likeness (QED) is 0.843. The zero-order chi connectivity index (χ0) is 11.9. The van der Waals surface area contributed by atoms with Crippen LogP contribution >= 0.6 is 0 Å². The van der Waals surface area contributed by atoms with Crippen LogP contribution in [0.25, 0.3) is 0 Å². The van der Waals surface area contributed by atoms with Gasteiger partial charge >= 0.3 is 0 Å². The zero-order valence-corrected chi connectivity index (χ0v) is 10.8. The molecule has 1 spiro atoms. The van der Waals surface area contributed by atoms with E-state index in [0.29, 0.717) is 5.41 Å². The highest BCUT2D eigenvalue weighted by Gasteiger charge is 2.40. The smallest absolute Gasteiger partial charge is 0.138 e. The van der Waals surface area contributed by atoms with Gasteiger partial charge in [-0.3, -0.25) is 4.90 Å². The van der Waals surface area contributed by atoms with E-state index >= 15 is 0 Å². The molecule has 1 aromatic rings. The van der Waals surface area contributed by atoms with Gasteiger partial charge in [0.05, 0.1) is 5.69 Å². The third-order valence-electron chi connectivity index (χ3n) is 4.41. The van der Waals surface area contributed by atoms with Gasteiger partial charge in [-0.1, -0.05) is 5.16 Å². The third-order valence-corrected chi connectivity index (χ3v) is 4.41. The second-order valence-corrected chi connectivity index (χ2v) is 5.69. The van der Waals surface area contributed by atoms with Gasteiger partial charge in [-0.15, -0.1) is 0 Å². The van der Waals surface area contributed by atoms with Gasteiger partial charge in [0.25, 0.3) is 0 Å². The number of likely N-dealkylation sites (tertiary alicyclic amines) is 1. The molecule has 2 aliphatic rings. The Hall–Kier alpha value is -0.870. The molecule has 3 rings (SSSR count). The van der Waals surface area contributed by atoms with Crippen LogP contribution < -0.4 is 5.32 Å². The predicted octanol–water partition coefficient (Wildman–Crippen LogP) is 1.48. The van der Waals surface area contributed by atoms with Gasteiger partial charge in [-0.2, -0.15) is 0 Å². The molecule has 0 bridgehead atoms. The summed E-state index contributed by atoms with van der Waals surface area (Å²) < 4.78 is 5.23. The van der Waals surface area contributed by atoms with E-state index < -0.39 is 0 Å². The first-order valence-corrected chi connectivity index (χ1v) is 6.53. The molecule has 1 aromatic heterocycles. The number of nitrogens with zero attached hydrogens (tertiary/aromatic N) is 2. The third kappa shape index (κ3) is 2.00. The highest BCUT2D eigenvalue weighted by atomic mass is 16.5. The van der Waals surface area contributed by atoms with E-state index in [2.05, 4.69) is 15.4 Å². The molecule has 2 aliphatic heterocycles. The molecule has 3 heterocycles. The molecular formula is C13H21N3O. The van der Waals surface area contributed by atoms with Crippen molar-refractivity contribution in [2.24, 2.45) is 5.41 Å². The van der Waals surface area contributed by atoms with E-state index in [0.717, 1.165) is 18.0 Å². The molecule has 17 heavy (non-hydrogen) atoms. The normalized spacial score (nSPS) is 29.5. The average molecular weight is 235 g/mol. The molecule has 94 valence electrons. The van der Waals surface area contributed by atoms with Gasteiger partial charge in [-0.05, 0) is 45.2 Å². The first kappa shape index (κ1) is 11.2. The second kappa shape index (κ2) is 4.10. The largest absolute Gasteiger partial charge is 0.361 e. The fraction of sp³-hybridized carbons (Fsp3) is 0.769. The Morgan fingerprint density at radius 3 is 2.94 bits per heavy atom. The molecule has 0 aliphatic carbocycles. The van der Waals surface area contributed by atoms with Gasteiger partial charge in [0.15, 0.2) is 0 Å². The van der Waals surface area contributed by atoms with Gasteiger partial charge in [-0.25, -0.2) is 0 Å². The average Bonchev–Trinajstić information content (AvgIpc) is 3.00. The summed E-state index contributed by atoms with van der Waals surface area (Å²) in [5, 5.41) is 7.53. The monoisotopic (exact) mass is 235 g/mol. The van der Waals surface area contributed by atoms with Crippen molar-refractivity contribution >= 4 is 0 Å². The molecule has 1 atom stereocenters. The number of hydrogen-bond acceptors (Lipinski definition) is 4. The van der Waals surface area contributed by atoms with Gasteiger partial charge < -0.3 is 9.84 Å². The summed E-state index contributed by atoms with van der Waals surface area (Å²) in [5.41, 5.74) is 2.89. The summed E-state index contributed by atoms with van der Waals surface area (Å²) in [6.45, 7) is 9.88. The Morgan fingerprint density at radius 2 is 2.29 bits per heavy atom. The number of rotatable bonds is 2. The van der Waals surface area contributed by atoms with Crippen LogP contribution in [-0.2, 0) is 6.54 Å². The molecule has 4 heteroatoms. The van der Waals surface area contributed by atoms with Crippen LogP contribution in [0.1, 0.15) is 29.9 Å². The first-order valence-electron chi connectivity index (χ1n) is 6.53. The standard InChI is InChI=1S/C13H21N3O/c1-10-12(11(2)17-15-10)7-16-6-4-13(9-16)3-5-14-8-13/h14H,3-9H2,1-2H3. The fourth-order valence-corrected chi connectivity index (χ4v) is 3.26. The molecule has 2 fully saturated rings.